The summed E-state index contributed by atoms with van der Waals surface area (Å²) in [4.78, 5) is 4.55. The van der Waals surface area contributed by atoms with Crippen LogP contribution in [0.25, 0.3) is 11.3 Å². The number of aromatic nitrogens is 1. The third-order valence-corrected chi connectivity index (χ3v) is 3.52. The van der Waals surface area contributed by atoms with Crippen LogP contribution in [0.2, 0.25) is 0 Å². The molecule has 0 unspecified atom stereocenters. The van der Waals surface area contributed by atoms with E-state index in [1.807, 2.05) is 24.4 Å². The van der Waals surface area contributed by atoms with Crippen molar-refractivity contribution in [2.24, 2.45) is 0 Å². The molecule has 3 aromatic rings. The quantitative estimate of drug-likeness (QED) is 0.667. The minimum absolute atomic E-state index is 0.953. The number of aryl methyl sites for hydroxylation is 1. The van der Waals surface area contributed by atoms with Crippen molar-refractivity contribution in [2.75, 3.05) is 0 Å². The molecule has 0 N–H and O–H groups in total. The van der Waals surface area contributed by atoms with Crippen molar-refractivity contribution < 1.29 is 0 Å². The van der Waals surface area contributed by atoms with Gasteiger partial charge < -0.3 is 0 Å². The van der Waals surface area contributed by atoms with Gasteiger partial charge in [-0.05, 0) is 36.1 Å². The van der Waals surface area contributed by atoms with Crippen LogP contribution in [0.4, 0.5) is 0 Å². The first-order valence-electron chi connectivity index (χ1n) is 6.88. The first-order chi connectivity index (χ1) is 9.83. The summed E-state index contributed by atoms with van der Waals surface area (Å²) in [7, 11) is 0. The van der Waals surface area contributed by atoms with Crippen molar-refractivity contribution in [1.82, 2.24) is 4.98 Å². The molecule has 0 spiro atoms. The number of rotatable bonds is 3. The zero-order valence-electron chi connectivity index (χ0n) is 11.6. The lowest BCUT2D eigenvalue weighted by Crippen LogP contribution is -1.95. The fourth-order valence-corrected chi connectivity index (χ4v) is 2.34. The Labute approximate surface area is 119 Å². The molecule has 1 heteroatoms. The smallest absolute Gasteiger partial charge is 0.0705 e. The van der Waals surface area contributed by atoms with Gasteiger partial charge in [0, 0.05) is 11.8 Å². The molecule has 0 atom stereocenters. The van der Waals surface area contributed by atoms with E-state index in [9.17, 15) is 0 Å². The molecule has 20 heavy (non-hydrogen) atoms. The van der Waals surface area contributed by atoms with Crippen LogP contribution >= 0.6 is 0 Å². The SMILES string of the molecule is Cc1cnc(-c2ccccc2)cc1Cc1ccccc1. The topological polar surface area (TPSA) is 12.9 Å². The van der Waals surface area contributed by atoms with E-state index in [-0.39, 0.29) is 0 Å². The van der Waals surface area contributed by atoms with Gasteiger partial charge in [0.1, 0.15) is 0 Å². The van der Waals surface area contributed by atoms with Crippen LogP contribution < -0.4 is 0 Å². The fraction of sp³-hybridized carbons (Fsp3) is 0.105. The first kappa shape index (κ1) is 12.6. The standard InChI is InChI=1S/C19H17N/c1-15-14-20-19(17-10-6-3-7-11-17)13-18(15)12-16-8-4-2-5-9-16/h2-11,13-14H,12H2,1H3. The van der Waals surface area contributed by atoms with Crippen LogP contribution in [-0.2, 0) is 6.42 Å². The van der Waals surface area contributed by atoms with Gasteiger partial charge >= 0.3 is 0 Å². The lowest BCUT2D eigenvalue weighted by molar-refractivity contribution is 1.12. The summed E-state index contributed by atoms with van der Waals surface area (Å²) >= 11 is 0. The molecular weight excluding hydrogens is 242 g/mol. The van der Waals surface area contributed by atoms with Crippen LogP contribution in [0.3, 0.4) is 0 Å². The molecule has 0 fully saturated rings. The lowest BCUT2D eigenvalue weighted by atomic mass is 10.00. The van der Waals surface area contributed by atoms with Crippen molar-refractivity contribution in [2.45, 2.75) is 13.3 Å². The molecule has 2 aromatic carbocycles. The Bertz CT molecular complexity index is 687. The van der Waals surface area contributed by atoms with E-state index in [2.05, 4.69) is 60.4 Å². The Kier molecular flexibility index (Phi) is 3.60. The van der Waals surface area contributed by atoms with E-state index < -0.39 is 0 Å². The van der Waals surface area contributed by atoms with E-state index in [1.54, 1.807) is 0 Å². The highest BCUT2D eigenvalue weighted by atomic mass is 14.7. The van der Waals surface area contributed by atoms with Gasteiger partial charge in [-0.3, -0.25) is 4.98 Å². The van der Waals surface area contributed by atoms with Crippen molar-refractivity contribution in [3.05, 3.63) is 89.6 Å². The van der Waals surface area contributed by atoms with Gasteiger partial charge in [0.05, 0.1) is 5.69 Å². The predicted octanol–water partition coefficient (Wildman–Crippen LogP) is 4.65. The average Bonchev–Trinajstić information content (AvgIpc) is 2.51. The van der Waals surface area contributed by atoms with Crippen molar-refractivity contribution in [3.8, 4) is 11.3 Å². The van der Waals surface area contributed by atoms with Crippen molar-refractivity contribution in [1.29, 1.82) is 0 Å². The van der Waals surface area contributed by atoms with E-state index >= 15 is 0 Å². The molecule has 0 aliphatic heterocycles. The Balaban J connectivity index is 1.95. The molecule has 98 valence electrons. The number of hydrogen-bond acceptors (Lipinski definition) is 1. The van der Waals surface area contributed by atoms with E-state index in [4.69, 9.17) is 0 Å². The Morgan fingerprint density at radius 2 is 1.50 bits per heavy atom. The summed E-state index contributed by atoms with van der Waals surface area (Å²) in [6, 6.07) is 23.1. The summed E-state index contributed by atoms with van der Waals surface area (Å²) in [6.45, 7) is 2.13. The average molecular weight is 259 g/mol. The summed E-state index contributed by atoms with van der Waals surface area (Å²) in [5.74, 6) is 0. The third kappa shape index (κ3) is 2.77. The molecule has 1 aromatic heterocycles. The number of nitrogens with zero attached hydrogens (tertiary/aromatic N) is 1. The Morgan fingerprint density at radius 3 is 2.20 bits per heavy atom. The van der Waals surface area contributed by atoms with E-state index in [0.717, 1.165) is 12.1 Å². The Morgan fingerprint density at radius 1 is 0.850 bits per heavy atom. The number of pyridine rings is 1. The van der Waals surface area contributed by atoms with Gasteiger partial charge in [0.2, 0.25) is 0 Å². The highest BCUT2D eigenvalue weighted by Gasteiger charge is 2.04. The van der Waals surface area contributed by atoms with Crippen LogP contribution in [0.5, 0.6) is 0 Å². The normalized spacial score (nSPS) is 10.4. The minimum atomic E-state index is 0.953. The second kappa shape index (κ2) is 5.70. The van der Waals surface area contributed by atoms with Gasteiger partial charge in [0.15, 0.2) is 0 Å². The van der Waals surface area contributed by atoms with Crippen LogP contribution in [0, 0.1) is 6.92 Å². The number of benzene rings is 2. The third-order valence-electron chi connectivity index (χ3n) is 3.52. The molecule has 0 amide bonds. The molecule has 0 saturated carbocycles. The molecule has 0 saturated heterocycles. The second-order valence-electron chi connectivity index (χ2n) is 5.02. The summed E-state index contributed by atoms with van der Waals surface area (Å²) in [5.41, 5.74) is 6.13. The lowest BCUT2D eigenvalue weighted by Gasteiger charge is -2.08. The first-order valence-corrected chi connectivity index (χ1v) is 6.88. The zero-order chi connectivity index (χ0) is 13.8. The van der Waals surface area contributed by atoms with Gasteiger partial charge in [-0.25, -0.2) is 0 Å². The maximum absolute atomic E-state index is 4.55. The van der Waals surface area contributed by atoms with Gasteiger partial charge in [0.25, 0.3) is 0 Å². The molecule has 0 aliphatic carbocycles. The van der Waals surface area contributed by atoms with Gasteiger partial charge in [-0.2, -0.15) is 0 Å². The second-order valence-corrected chi connectivity index (χ2v) is 5.02. The fourth-order valence-electron chi connectivity index (χ4n) is 2.34. The van der Waals surface area contributed by atoms with Crippen LogP contribution in [-0.4, -0.2) is 4.98 Å². The van der Waals surface area contributed by atoms with Gasteiger partial charge in [-0.1, -0.05) is 60.7 Å². The predicted molar refractivity (Wildman–Crippen MR) is 83.7 cm³/mol. The summed E-state index contributed by atoms with van der Waals surface area (Å²) < 4.78 is 0. The van der Waals surface area contributed by atoms with E-state index in [0.29, 0.717) is 0 Å². The Hall–Kier alpha value is -2.41. The highest BCUT2D eigenvalue weighted by molar-refractivity contribution is 5.60. The maximum Gasteiger partial charge on any atom is 0.0705 e. The van der Waals surface area contributed by atoms with Crippen LogP contribution in [0.15, 0.2) is 72.9 Å². The van der Waals surface area contributed by atoms with E-state index in [1.165, 1.54) is 22.3 Å². The van der Waals surface area contributed by atoms with Gasteiger partial charge in [-0.15, -0.1) is 0 Å². The number of hydrogen-bond donors (Lipinski definition) is 0. The molecule has 1 nitrogen and oxygen atoms in total. The minimum Gasteiger partial charge on any atom is -0.256 e. The zero-order valence-corrected chi connectivity index (χ0v) is 11.6. The molecule has 0 radical (unpaired) electrons. The molecule has 3 rings (SSSR count). The molecule has 0 bridgehead atoms. The molecule has 0 aliphatic rings. The monoisotopic (exact) mass is 259 g/mol. The van der Waals surface area contributed by atoms with Crippen molar-refractivity contribution >= 4 is 0 Å². The largest absolute Gasteiger partial charge is 0.256 e. The summed E-state index contributed by atoms with van der Waals surface area (Å²) in [5, 5.41) is 0. The molecule has 1 heterocycles. The van der Waals surface area contributed by atoms with Crippen LogP contribution in [0.1, 0.15) is 16.7 Å². The maximum atomic E-state index is 4.55. The molecular formula is C19H17N. The summed E-state index contributed by atoms with van der Waals surface area (Å²) in [6.07, 6.45) is 2.93. The van der Waals surface area contributed by atoms with Crippen molar-refractivity contribution in [3.63, 3.8) is 0 Å². The highest BCUT2D eigenvalue weighted by Crippen LogP contribution is 2.21.